The molecule has 3 unspecified atom stereocenters. The molecule has 6 nitrogen and oxygen atoms in total. The number of fused-ring (bicyclic) bond motifs is 2. The van der Waals surface area contributed by atoms with Crippen molar-refractivity contribution >= 4 is 5.91 Å². The van der Waals surface area contributed by atoms with Crippen molar-refractivity contribution in [2.24, 2.45) is 5.92 Å². The summed E-state index contributed by atoms with van der Waals surface area (Å²) in [4.78, 5) is 15.7. The molecular weight excluding hydrogens is 208 g/mol. The summed E-state index contributed by atoms with van der Waals surface area (Å²) >= 11 is 0. The summed E-state index contributed by atoms with van der Waals surface area (Å²) in [5.74, 6) is 0.736. The topological polar surface area (TPSA) is 80.1 Å². The van der Waals surface area contributed by atoms with Gasteiger partial charge in [0.25, 0.3) is 0 Å². The van der Waals surface area contributed by atoms with Crippen LogP contribution in [-0.2, 0) is 11.3 Å². The Hall–Kier alpha value is -1.43. The van der Waals surface area contributed by atoms with Crippen molar-refractivity contribution in [3.8, 4) is 0 Å². The summed E-state index contributed by atoms with van der Waals surface area (Å²) in [7, 11) is 0. The van der Waals surface area contributed by atoms with E-state index in [-0.39, 0.29) is 11.8 Å². The van der Waals surface area contributed by atoms with E-state index in [4.69, 9.17) is 0 Å². The fraction of sp³-hybridized carbons (Fsp3) is 0.700. The lowest BCUT2D eigenvalue weighted by Crippen LogP contribution is -2.37. The molecule has 1 amide bonds. The van der Waals surface area contributed by atoms with E-state index >= 15 is 0 Å². The minimum absolute atomic E-state index is 0.101. The van der Waals surface area contributed by atoms with E-state index in [0.29, 0.717) is 24.5 Å². The van der Waals surface area contributed by atoms with E-state index in [1.807, 2.05) is 0 Å². The largest absolute Gasteiger partial charge is 0.348 e. The molecule has 3 heterocycles. The molecule has 2 N–H and O–H groups in total. The van der Waals surface area contributed by atoms with E-state index in [2.05, 4.69) is 25.3 Å². The highest BCUT2D eigenvalue weighted by atomic mass is 16.5. The molecule has 2 saturated heterocycles. The van der Waals surface area contributed by atoms with Gasteiger partial charge in [-0.1, -0.05) is 5.16 Å². The zero-order valence-electron chi connectivity index (χ0n) is 8.85. The Morgan fingerprint density at radius 3 is 3.19 bits per heavy atom. The number of rotatable bonds is 3. The lowest BCUT2D eigenvalue weighted by atomic mass is 9.88. The third-order valence-corrected chi connectivity index (χ3v) is 3.46. The number of nitrogens with zero attached hydrogens (tertiary/aromatic N) is 2. The number of aromatic nitrogens is 2. The Morgan fingerprint density at radius 2 is 2.56 bits per heavy atom. The number of hydrogen-bond acceptors (Lipinski definition) is 5. The Labute approximate surface area is 92.8 Å². The molecule has 3 rings (SSSR count). The molecule has 16 heavy (non-hydrogen) atoms. The van der Waals surface area contributed by atoms with Crippen LogP contribution < -0.4 is 10.6 Å². The smallest absolute Gasteiger partial charge is 0.225 e. The summed E-state index contributed by atoms with van der Waals surface area (Å²) in [5, 5.41) is 9.94. The highest BCUT2D eigenvalue weighted by Crippen LogP contribution is 2.33. The molecule has 2 aliphatic rings. The third kappa shape index (κ3) is 1.69. The first kappa shape index (κ1) is 9.77. The van der Waals surface area contributed by atoms with Gasteiger partial charge in [-0.3, -0.25) is 4.79 Å². The monoisotopic (exact) mass is 222 g/mol. The molecule has 0 radical (unpaired) electrons. The first-order chi connectivity index (χ1) is 7.83. The second-order valence-corrected chi connectivity index (χ2v) is 4.45. The van der Waals surface area contributed by atoms with Crippen LogP contribution in [0, 0.1) is 5.92 Å². The molecule has 0 saturated carbocycles. The van der Waals surface area contributed by atoms with Crippen LogP contribution in [0.3, 0.4) is 0 Å². The second-order valence-electron chi connectivity index (χ2n) is 4.45. The average Bonchev–Trinajstić information content (AvgIpc) is 3.01. The standard InChI is InChI=1S/C10H14N4O2/c15-10(11-4-9-12-5-16-14-9)7-3-6-1-2-8(7)13-6/h5-8,13H,1-4H2,(H,11,15). The van der Waals surface area contributed by atoms with Crippen LogP contribution in [0.5, 0.6) is 0 Å². The van der Waals surface area contributed by atoms with Crippen LogP contribution in [0.4, 0.5) is 0 Å². The van der Waals surface area contributed by atoms with Crippen molar-refractivity contribution in [2.75, 3.05) is 0 Å². The summed E-state index contributed by atoms with van der Waals surface area (Å²) in [6, 6.07) is 0.918. The fourth-order valence-corrected chi connectivity index (χ4v) is 2.68. The van der Waals surface area contributed by atoms with E-state index < -0.39 is 0 Å². The summed E-state index contributed by atoms with van der Waals surface area (Å²) in [6.07, 6.45) is 4.55. The molecular formula is C10H14N4O2. The zero-order valence-corrected chi connectivity index (χ0v) is 8.85. The molecule has 2 fully saturated rings. The van der Waals surface area contributed by atoms with E-state index in [9.17, 15) is 4.79 Å². The van der Waals surface area contributed by atoms with Gasteiger partial charge in [0, 0.05) is 12.1 Å². The number of amides is 1. The Balaban J connectivity index is 1.54. The van der Waals surface area contributed by atoms with Crippen LogP contribution in [0.15, 0.2) is 10.9 Å². The van der Waals surface area contributed by atoms with Gasteiger partial charge in [-0.15, -0.1) is 0 Å². The Morgan fingerprint density at radius 1 is 1.62 bits per heavy atom. The van der Waals surface area contributed by atoms with Crippen LogP contribution in [0.1, 0.15) is 25.1 Å². The first-order valence-corrected chi connectivity index (χ1v) is 5.62. The van der Waals surface area contributed by atoms with E-state index in [1.165, 1.54) is 12.8 Å². The van der Waals surface area contributed by atoms with Crippen molar-refractivity contribution in [1.29, 1.82) is 0 Å². The first-order valence-electron chi connectivity index (χ1n) is 5.62. The van der Waals surface area contributed by atoms with Gasteiger partial charge in [0.15, 0.2) is 5.82 Å². The SMILES string of the molecule is O=C(NCc1ncon1)C1CC2CCC1N2. The highest BCUT2D eigenvalue weighted by molar-refractivity contribution is 5.80. The fourth-order valence-electron chi connectivity index (χ4n) is 2.68. The predicted molar refractivity (Wildman–Crippen MR) is 54.2 cm³/mol. The maximum absolute atomic E-state index is 11.9. The quantitative estimate of drug-likeness (QED) is 0.742. The molecule has 6 heteroatoms. The normalized spacial score (nSPS) is 31.9. The number of carbonyl (C=O) groups is 1. The molecule has 2 bridgehead atoms. The summed E-state index contributed by atoms with van der Waals surface area (Å²) in [5.41, 5.74) is 0. The van der Waals surface area contributed by atoms with Crippen molar-refractivity contribution in [3.05, 3.63) is 12.2 Å². The molecule has 2 aliphatic heterocycles. The maximum atomic E-state index is 11.9. The molecule has 0 aliphatic carbocycles. The molecule has 3 atom stereocenters. The third-order valence-electron chi connectivity index (χ3n) is 3.46. The van der Waals surface area contributed by atoms with Gasteiger partial charge in [0.05, 0.1) is 12.5 Å². The number of hydrogen-bond donors (Lipinski definition) is 2. The van der Waals surface area contributed by atoms with Gasteiger partial charge in [-0.05, 0) is 19.3 Å². The van der Waals surface area contributed by atoms with Crippen LogP contribution in [0.25, 0.3) is 0 Å². The lowest BCUT2D eigenvalue weighted by Gasteiger charge is -2.18. The summed E-state index contributed by atoms with van der Waals surface area (Å²) in [6.45, 7) is 0.350. The Kier molecular flexibility index (Phi) is 2.36. The molecule has 0 spiro atoms. The number of nitrogens with one attached hydrogen (secondary N) is 2. The van der Waals surface area contributed by atoms with Crippen molar-refractivity contribution < 1.29 is 9.32 Å². The minimum Gasteiger partial charge on any atom is -0.348 e. The van der Waals surface area contributed by atoms with Crippen molar-refractivity contribution in [3.63, 3.8) is 0 Å². The lowest BCUT2D eigenvalue weighted by molar-refractivity contribution is -0.125. The molecule has 1 aromatic heterocycles. The van der Waals surface area contributed by atoms with Gasteiger partial charge >= 0.3 is 0 Å². The van der Waals surface area contributed by atoms with Crippen LogP contribution in [0.2, 0.25) is 0 Å². The van der Waals surface area contributed by atoms with Crippen molar-refractivity contribution in [1.82, 2.24) is 20.8 Å². The summed E-state index contributed by atoms with van der Waals surface area (Å²) < 4.78 is 4.60. The number of carbonyl (C=O) groups excluding carboxylic acids is 1. The van der Waals surface area contributed by atoms with E-state index in [0.717, 1.165) is 12.8 Å². The zero-order chi connectivity index (χ0) is 11.0. The second kappa shape index (κ2) is 3.86. The maximum Gasteiger partial charge on any atom is 0.225 e. The van der Waals surface area contributed by atoms with E-state index in [1.54, 1.807) is 0 Å². The minimum atomic E-state index is 0.101. The average molecular weight is 222 g/mol. The van der Waals surface area contributed by atoms with Crippen molar-refractivity contribution in [2.45, 2.75) is 37.9 Å². The van der Waals surface area contributed by atoms with Gasteiger partial charge in [-0.25, -0.2) is 0 Å². The molecule has 1 aromatic rings. The van der Waals surface area contributed by atoms with Crippen LogP contribution in [-0.4, -0.2) is 28.1 Å². The van der Waals surface area contributed by atoms with Gasteiger partial charge in [-0.2, -0.15) is 4.98 Å². The molecule has 0 aromatic carbocycles. The van der Waals surface area contributed by atoms with Crippen LogP contribution >= 0.6 is 0 Å². The van der Waals surface area contributed by atoms with Gasteiger partial charge in [0.2, 0.25) is 12.3 Å². The Bertz CT molecular complexity index is 378. The predicted octanol–water partition coefficient (Wildman–Crippen LogP) is -0.174. The highest BCUT2D eigenvalue weighted by Gasteiger charge is 2.42. The van der Waals surface area contributed by atoms with Gasteiger partial charge < -0.3 is 15.2 Å². The van der Waals surface area contributed by atoms with Gasteiger partial charge in [0.1, 0.15) is 0 Å². The molecule has 86 valence electrons.